The number of rotatable bonds is 17. The van der Waals surface area contributed by atoms with Crippen LogP contribution in [-0.4, -0.2) is 76.9 Å². The number of aliphatic imine (C=N–C) groups is 1. The largest absolute Gasteiger partial charge is 0.504 e. The standard InChI is InChI=1S/C41H61N3O5/c1-4-6-12-39-29(25-45)20-30(49-39)15-13-28-14-16-38(47)40(19-28)48-26-37(43-5-2)35-21-32-33(24-42-23-27(3)46)31-10-9-11-34(31)41(17-7-8-18-41)22-36(32)44-35/h14,16,19-21,27,31,33-34,37,39,42-43,45-46,49H,4-13,15,17-18,22-26H2,1-3H3/p+1. The van der Waals surface area contributed by atoms with Crippen molar-refractivity contribution in [2.75, 3.05) is 32.8 Å². The van der Waals surface area contributed by atoms with Gasteiger partial charge in [-0.25, -0.2) is 0 Å². The Balaban J connectivity index is 1.15. The van der Waals surface area contributed by atoms with Gasteiger partial charge < -0.3 is 30.1 Å². The number of allylic oxidation sites excluding steroid dienone is 1. The quantitative estimate of drug-likeness (QED) is 0.100. The van der Waals surface area contributed by atoms with Crippen LogP contribution in [0.3, 0.4) is 0 Å². The van der Waals surface area contributed by atoms with E-state index in [4.69, 9.17) is 14.5 Å². The van der Waals surface area contributed by atoms with Crippen LogP contribution in [0.25, 0.3) is 0 Å². The number of aromatic hydroxyl groups is 1. The van der Waals surface area contributed by atoms with Crippen LogP contribution >= 0.6 is 0 Å². The van der Waals surface area contributed by atoms with Crippen molar-refractivity contribution in [1.82, 2.24) is 10.6 Å². The minimum absolute atomic E-state index is 0.0648. The molecule has 0 aromatic heterocycles. The van der Waals surface area contributed by atoms with E-state index in [1.807, 2.05) is 19.1 Å². The van der Waals surface area contributed by atoms with Crippen LogP contribution in [0.2, 0.25) is 0 Å². The number of hydrogen-bond acceptors (Lipinski definition) is 7. The topological polar surface area (TPSA) is 119 Å². The summed E-state index contributed by atoms with van der Waals surface area (Å²) in [6.45, 7) is 8.87. The van der Waals surface area contributed by atoms with Gasteiger partial charge >= 0.3 is 0 Å². The molecule has 1 aromatic rings. The molecule has 0 saturated heterocycles. The molecule has 0 bridgehead atoms. The number of aryl methyl sites for hydroxylation is 1. The summed E-state index contributed by atoms with van der Waals surface area (Å²) in [6.07, 6.45) is 20.4. The second kappa shape index (κ2) is 16.7. The fourth-order valence-corrected chi connectivity index (χ4v) is 9.73. The summed E-state index contributed by atoms with van der Waals surface area (Å²) >= 11 is 0. The number of phenolic OH excluding ortho intramolecular Hbond substituents is 1. The predicted molar refractivity (Wildman–Crippen MR) is 196 cm³/mol. The van der Waals surface area contributed by atoms with E-state index in [2.05, 4.69) is 36.6 Å². The molecule has 0 radical (unpaired) electrons. The van der Waals surface area contributed by atoms with E-state index in [9.17, 15) is 15.3 Å². The van der Waals surface area contributed by atoms with Crippen molar-refractivity contribution in [3.8, 4) is 11.5 Å². The molecular formula is C41H62N3O5+. The zero-order valence-corrected chi connectivity index (χ0v) is 30.2. The smallest absolute Gasteiger partial charge is 0.196 e. The first kappa shape index (κ1) is 36.3. The van der Waals surface area contributed by atoms with Gasteiger partial charge in [-0.05, 0) is 93.4 Å². The van der Waals surface area contributed by atoms with Crippen molar-refractivity contribution in [3.63, 3.8) is 0 Å². The lowest BCUT2D eigenvalue weighted by Gasteiger charge is -2.37. The van der Waals surface area contributed by atoms with Crippen molar-refractivity contribution in [2.24, 2.45) is 28.2 Å². The van der Waals surface area contributed by atoms with Crippen LogP contribution < -0.4 is 15.4 Å². The van der Waals surface area contributed by atoms with E-state index in [0.29, 0.717) is 36.2 Å². The second-order valence-corrected chi connectivity index (χ2v) is 15.5. The summed E-state index contributed by atoms with van der Waals surface area (Å²) < 4.78 is 11.3. The van der Waals surface area contributed by atoms with Gasteiger partial charge in [0.1, 0.15) is 30.4 Å². The van der Waals surface area contributed by atoms with Gasteiger partial charge in [0, 0.05) is 32.5 Å². The Morgan fingerprint density at radius 2 is 2.02 bits per heavy atom. The van der Waals surface area contributed by atoms with E-state index >= 15 is 0 Å². The second-order valence-electron chi connectivity index (χ2n) is 15.5. The highest BCUT2D eigenvalue weighted by Gasteiger charge is 2.58. The lowest BCUT2D eigenvalue weighted by molar-refractivity contribution is -0.0550. The Kier molecular flexibility index (Phi) is 12.4. The predicted octanol–water partition coefficient (Wildman–Crippen LogP) is 6.11. The molecule has 6 N–H and O–H groups in total. The molecule has 2 aliphatic heterocycles. The van der Waals surface area contributed by atoms with E-state index < -0.39 is 0 Å². The maximum Gasteiger partial charge on any atom is 0.196 e. The molecular weight excluding hydrogens is 614 g/mol. The average Bonchev–Trinajstić information content (AvgIpc) is 3.90. The molecule has 0 amide bonds. The number of benzene rings is 1. The highest BCUT2D eigenvalue weighted by atomic mass is 16.5. The molecule has 270 valence electrons. The van der Waals surface area contributed by atoms with Crippen molar-refractivity contribution >= 4 is 5.71 Å². The van der Waals surface area contributed by atoms with E-state index in [-0.39, 0.29) is 30.6 Å². The monoisotopic (exact) mass is 676 g/mol. The van der Waals surface area contributed by atoms with Crippen LogP contribution in [0.5, 0.6) is 11.5 Å². The zero-order valence-electron chi connectivity index (χ0n) is 30.2. The fourth-order valence-electron chi connectivity index (χ4n) is 9.73. The molecule has 3 fully saturated rings. The molecule has 1 spiro atoms. The van der Waals surface area contributed by atoms with Gasteiger partial charge in [-0.15, -0.1) is 16.6 Å². The van der Waals surface area contributed by atoms with Crippen molar-refractivity contribution in [1.29, 1.82) is 0 Å². The normalized spacial score (nSPS) is 27.1. The first-order chi connectivity index (χ1) is 23.8. The summed E-state index contributed by atoms with van der Waals surface area (Å²) in [7, 11) is 0. The first-order valence-electron chi connectivity index (χ1n) is 19.4. The van der Waals surface area contributed by atoms with Gasteiger partial charge in [-0.1, -0.05) is 45.6 Å². The summed E-state index contributed by atoms with van der Waals surface area (Å²) in [5, 5.41) is 37.9. The minimum atomic E-state index is -0.361. The summed E-state index contributed by atoms with van der Waals surface area (Å²) in [4.78, 5) is 5.41. The first-order valence-corrected chi connectivity index (χ1v) is 19.4. The number of fused-ring (bicyclic) bond motifs is 3. The maximum atomic E-state index is 10.8. The van der Waals surface area contributed by atoms with Gasteiger partial charge in [-0.3, -0.25) is 5.32 Å². The molecule has 5 aliphatic rings. The van der Waals surface area contributed by atoms with Gasteiger partial charge in [-0.2, -0.15) is 0 Å². The number of nitrogens with one attached hydrogen (secondary N) is 2. The third kappa shape index (κ3) is 8.36. The number of unbranched alkanes of at least 4 members (excludes halogenated alkanes) is 1. The van der Waals surface area contributed by atoms with Gasteiger partial charge in [0.15, 0.2) is 23.2 Å². The van der Waals surface area contributed by atoms with Gasteiger partial charge in [0.05, 0.1) is 18.1 Å². The van der Waals surface area contributed by atoms with E-state index in [1.54, 1.807) is 6.07 Å². The summed E-state index contributed by atoms with van der Waals surface area (Å²) in [6, 6.07) is 5.55. The number of phenols is 1. The molecule has 2 heterocycles. The molecule has 3 aliphatic carbocycles. The molecule has 8 nitrogen and oxygen atoms in total. The highest BCUT2D eigenvalue weighted by Crippen LogP contribution is 2.61. The Morgan fingerprint density at radius 1 is 1.18 bits per heavy atom. The Hall–Kier alpha value is -2.49. The number of aliphatic hydroxyl groups excluding tert-OH is 2. The molecule has 8 heteroatoms. The fraction of sp³-hybridized carbons (Fsp3) is 0.683. The van der Waals surface area contributed by atoms with Gasteiger partial charge in [0.25, 0.3) is 0 Å². The van der Waals surface area contributed by atoms with Crippen LogP contribution in [0, 0.1) is 35.2 Å². The van der Waals surface area contributed by atoms with Crippen molar-refractivity contribution in [3.05, 3.63) is 59.2 Å². The number of aliphatic hydroxyl groups is 4. The summed E-state index contributed by atoms with van der Waals surface area (Å²) in [5.74, 6) is 3.88. The molecule has 1 aromatic carbocycles. The third-order valence-corrected chi connectivity index (χ3v) is 12.1. The molecule has 6 unspecified atom stereocenters. The number of likely N-dealkylation sites (N-methyl/N-ethyl adjacent to an activating group) is 1. The maximum absolute atomic E-state index is 10.8. The molecule has 3 saturated carbocycles. The lowest BCUT2D eigenvalue weighted by Crippen LogP contribution is -2.38. The highest BCUT2D eigenvalue weighted by molar-refractivity contribution is 6.03. The zero-order chi connectivity index (χ0) is 34.4. The number of hydrogen-bond donors (Lipinski definition) is 5. The van der Waals surface area contributed by atoms with Crippen LogP contribution in [0.15, 0.2) is 46.6 Å². The third-order valence-electron chi connectivity index (χ3n) is 12.1. The molecule has 49 heavy (non-hydrogen) atoms. The van der Waals surface area contributed by atoms with E-state index in [1.165, 1.54) is 56.6 Å². The summed E-state index contributed by atoms with van der Waals surface area (Å²) in [5.41, 5.74) is 4.81. The Morgan fingerprint density at radius 3 is 2.78 bits per heavy atom. The average molecular weight is 677 g/mol. The van der Waals surface area contributed by atoms with Crippen LogP contribution in [0.4, 0.5) is 0 Å². The van der Waals surface area contributed by atoms with Gasteiger partial charge in [0.2, 0.25) is 0 Å². The van der Waals surface area contributed by atoms with Crippen molar-refractivity contribution in [2.45, 2.75) is 122 Å². The number of ether oxygens (including phenoxy) is 2. The Bertz CT molecular complexity index is 1330. The van der Waals surface area contributed by atoms with Crippen LogP contribution in [-0.2, 0) is 6.42 Å². The SMILES string of the molecule is CCCCC1[OH+][C-](CCc2ccc(O)c(OCC(NCC)C3=C[C+]4C(=N3)CC3(CCCC3)C3CCCC3C4CNCC(C)O)c2)C=C1CO. The van der Waals surface area contributed by atoms with Crippen LogP contribution in [0.1, 0.15) is 103 Å². The van der Waals surface area contributed by atoms with E-state index in [0.717, 1.165) is 80.5 Å². The Labute approximate surface area is 294 Å². The van der Waals surface area contributed by atoms with Crippen molar-refractivity contribution < 1.29 is 24.8 Å². The molecule has 6 atom stereocenters. The number of nitrogens with zero attached hydrogens (tertiary/aromatic N) is 1. The minimum Gasteiger partial charge on any atom is -0.504 e. The lowest BCUT2D eigenvalue weighted by atomic mass is 9.66. The molecule has 6 rings (SSSR count).